The van der Waals surface area contributed by atoms with Gasteiger partial charge in [-0.1, -0.05) is 0 Å². The molecule has 1 aromatic rings. The Bertz CT molecular complexity index is 492. The fourth-order valence-corrected chi connectivity index (χ4v) is 2.41. The first-order chi connectivity index (χ1) is 9.23. The van der Waals surface area contributed by atoms with Crippen LogP contribution in [-0.2, 0) is 0 Å². The van der Waals surface area contributed by atoms with Gasteiger partial charge >= 0.3 is 6.18 Å². The molecule has 7 heteroatoms. The first-order valence-corrected chi connectivity index (χ1v) is 6.23. The van der Waals surface area contributed by atoms with Crippen LogP contribution in [0, 0.1) is 5.82 Å². The van der Waals surface area contributed by atoms with E-state index in [0.717, 1.165) is 12.1 Å². The van der Waals surface area contributed by atoms with E-state index in [1.807, 2.05) is 0 Å². The predicted molar refractivity (Wildman–Crippen MR) is 67.0 cm³/mol. The SMILES string of the molecule is CN1CCCC(Oc2ccc(N)cc2F)(C(F)(F)F)C1. The van der Waals surface area contributed by atoms with Gasteiger partial charge in [-0.15, -0.1) is 0 Å². The molecule has 1 aromatic carbocycles. The topological polar surface area (TPSA) is 38.5 Å². The van der Waals surface area contributed by atoms with E-state index in [9.17, 15) is 17.6 Å². The van der Waals surface area contributed by atoms with Gasteiger partial charge in [-0.3, -0.25) is 0 Å². The molecule has 3 nitrogen and oxygen atoms in total. The van der Waals surface area contributed by atoms with Gasteiger partial charge in [0.2, 0.25) is 5.60 Å². The molecule has 20 heavy (non-hydrogen) atoms. The van der Waals surface area contributed by atoms with Gasteiger partial charge in [0.05, 0.1) is 0 Å². The fraction of sp³-hybridized carbons (Fsp3) is 0.538. The lowest BCUT2D eigenvalue weighted by molar-refractivity contribution is -0.262. The Hall–Kier alpha value is -1.50. The van der Waals surface area contributed by atoms with Crippen LogP contribution < -0.4 is 10.5 Å². The van der Waals surface area contributed by atoms with E-state index >= 15 is 0 Å². The van der Waals surface area contributed by atoms with Gasteiger partial charge in [0.1, 0.15) is 0 Å². The van der Waals surface area contributed by atoms with Crippen molar-refractivity contribution in [1.29, 1.82) is 0 Å². The number of ether oxygens (including phenoxy) is 1. The van der Waals surface area contributed by atoms with Gasteiger partial charge < -0.3 is 15.4 Å². The second-order valence-corrected chi connectivity index (χ2v) is 5.13. The molecule has 0 spiro atoms. The summed E-state index contributed by atoms with van der Waals surface area (Å²) >= 11 is 0. The molecular weight excluding hydrogens is 276 g/mol. The van der Waals surface area contributed by atoms with Crippen LogP contribution in [0.2, 0.25) is 0 Å². The van der Waals surface area contributed by atoms with Gasteiger partial charge in [-0.25, -0.2) is 4.39 Å². The molecule has 0 amide bonds. The number of piperidine rings is 1. The van der Waals surface area contributed by atoms with Crippen molar-refractivity contribution in [1.82, 2.24) is 4.90 Å². The monoisotopic (exact) mass is 292 g/mol. The number of hydrogen-bond donors (Lipinski definition) is 1. The third kappa shape index (κ3) is 2.82. The van der Waals surface area contributed by atoms with Crippen LogP contribution >= 0.6 is 0 Å². The minimum Gasteiger partial charge on any atom is -0.473 e. The molecule has 2 rings (SSSR count). The van der Waals surface area contributed by atoms with Crippen molar-refractivity contribution in [3.8, 4) is 5.75 Å². The average Bonchev–Trinajstić information content (AvgIpc) is 2.31. The van der Waals surface area contributed by atoms with Crippen LogP contribution in [-0.4, -0.2) is 36.8 Å². The molecule has 1 fully saturated rings. The van der Waals surface area contributed by atoms with Crippen molar-refractivity contribution in [3.05, 3.63) is 24.0 Å². The zero-order chi connectivity index (χ0) is 15.0. The van der Waals surface area contributed by atoms with Crippen molar-refractivity contribution < 1.29 is 22.3 Å². The van der Waals surface area contributed by atoms with E-state index in [0.29, 0.717) is 13.0 Å². The lowest BCUT2D eigenvalue weighted by atomic mass is 9.92. The summed E-state index contributed by atoms with van der Waals surface area (Å²) in [5.74, 6) is -1.31. The highest BCUT2D eigenvalue weighted by Crippen LogP contribution is 2.41. The summed E-state index contributed by atoms with van der Waals surface area (Å²) in [4.78, 5) is 1.53. The Morgan fingerprint density at radius 2 is 2.05 bits per heavy atom. The molecule has 1 saturated heterocycles. The molecule has 112 valence electrons. The smallest absolute Gasteiger partial charge is 0.429 e. The van der Waals surface area contributed by atoms with Crippen molar-refractivity contribution in [3.63, 3.8) is 0 Å². The number of nitrogens with zero attached hydrogens (tertiary/aromatic N) is 1. The number of benzene rings is 1. The van der Waals surface area contributed by atoms with E-state index in [2.05, 4.69) is 0 Å². The van der Waals surface area contributed by atoms with E-state index in [-0.39, 0.29) is 18.7 Å². The molecule has 0 bridgehead atoms. The number of hydrogen-bond acceptors (Lipinski definition) is 3. The van der Waals surface area contributed by atoms with Gasteiger partial charge in [0, 0.05) is 18.3 Å². The first kappa shape index (κ1) is 14.9. The van der Waals surface area contributed by atoms with E-state index in [4.69, 9.17) is 10.5 Å². The van der Waals surface area contributed by atoms with Crippen LogP contribution in [0.1, 0.15) is 12.8 Å². The van der Waals surface area contributed by atoms with Crippen molar-refractivity contribution in [2.45, 2.75) is 24.6 Å². The maximum absolute atomic E-state index is 13.7. The molecule has 1 aliphatic heterocycles. The molecule has 1 aliphatic rings. The Kier molecular flexibility index (Phi) is 3.82. The lowest BCUT2D eigenvalue weighted by Gasteiger charge is -2.42. The largest absolute Gasteiger partial charge is 0.473 e. The summed E-state index contributed by atoms with van der Waals surface area (Å²) in [6.07, 6.45) is -4.42. The molecule has 2 N–H and O–H groups in total. The Balaban J connectivity index is 2.33. The highest BCUT2D eigenvalue weighted by Gasteiger charge is 2.58. The van der Waals surface area contributed by atoms with Crippen LogP contribution in [0.4, 0.5) is 23.2 Å². The van der Waals surface area contributed by atoms with Crippen LogP contribution in [0.25, 0.3) is 0 Å². The lowest BCUT2D eigenvalue weighted by Crippen LogP contribution is -2.59. The van der Waals surface area contributed by atoms with E-state index < -0.39 is 23.3 Å². The number of halogens is 4. The maximum atomic E-state index is 13.7. The van der Waals surface area contributed by atoms with Gasteiger partial charge in [0.15, 0.2) is 11.6 Å². The molecule has 1 atom stereocenters. The van der Waals surface area contributed by atoms with Crippen molar-refractivity contribution >= 4 is 5.69 Å². The summed E-state index contributed by atoms with van der Waals surface area (Å²) in [6, 6.07) is 3.40. The molecular formula is C13H16F4N2O. The van der Waals surface area contributed by atoms with Crippen molar-refractivity contribution in [2.24, 2.45) is 0 Å². The van der Waals surface area contributed by atoms with Crippen LogP contribution in [0.5, 0.6) is 5.75 Å². The summed E-state index contributed by atoms with van der Waals surface area (Å²) in [5, 5.41) is 0. The quantitative estimate of drug-likeness (QED) is 0.673. The molecule has 0 aromatic heterocycles. The van der Waals surface area contributed by atoms with Gasteiger partial charge in [0.25, 0.3) is 0 Å². The Labute approximate surface area is 114 Å². The highest BCUT2D eigenvalue weighted by atomic mass is 19.4. The van der Waals surface area contributed by atoms with Crippen LogP contribution in [0.15, 0.2) is 18.2 Å². The Morgan fingerprint density at radius 3 is 2.60 bits per heavy atom. The minimum absolute atomic E-state index is 0.136. The fourth-order valence-electron chi connectivity index (χ4n) is 2.41. The molecule has 0 aliphatic carbocycles. The summed E-state index contributed by atoms with van der Waals surface area (Å²) < 4.78 is 58.8. The maximum Gasteiger partial charge on any atom is 0.429 e. The Morgan fingerprint density at radius 1 is 1.35 bits per heavy atom. The average molecular weight is 292 g/mol. The first-order valence-electron chi connectivity index (χ1n) is 6.23. The summed E-state index contributed by atoms with van der Waals surface area (Å²) in [7, 11) is 1.59. The third-order valence-electron chi connectivity index (χ3n) is 3.42. The number of anilines is 1. The van der Waals surface area contributed by atoms with Crippen LogP contribution in [0.3, 0.4) is 0 Å². The third-order valence-corrected chi connectivity index (χ3v) is 3.42. The normalized spacial score (nSPS) is 24.6. The number of rotatable bonds is 2. The molecule has 1 heterocycles. The number of likely N-dealkylation sites (N-methyl/N-ethyl adjacent to an activating group) is 1. The van der Waals surface area contributed by atoms with Gasteiger partial charge in [-0.05, 0) is 38.6 Å². The highest BCUT2D eigenvalue weighted by molar-refractivity contribution is 5.43. The molecule has 1 unspecified atom stereocenters. The number of nitrogens with two attached hydrogens (primary N) is 1. The van der Waals surface area contributed by atoms with E-state index in [1.54, 1.807) is 7.05 Å². The summed E-state index contributed by atoms with van der Waals surface area (Å²) in [5.41, 5.74) is 3.13. The standard InChI is InChI=1S/C13H16F4N2O/c1-19-6-2-5-12(8-19,13(15,16)17)20-11-4-3-9(18)7-10(11)14/h3-4,7H,2,5-6,8,18H2,1H3. The molecule has 0 saturated carbocycles. The second-order valence-electron chi connectivity index (χ2n) is 5.13. The minimum atomic E-state index is -4.57. The number of nitrogen functional groups attached to an aromatic ring is 1. The zero-order valence-corrected chi connectivity index (χ0v) is 11.0. The molecule has 0 radical (unpaired) electrons. The second kappa shape index (κ2) is 5.12. The number of likely N-dealkylation sites (tertiary alicyclic amines) is 1. The predicted octanol–water partition coefficient (Wildman–Crippen LogP) is 2.81. The number of alkyl halides is 3. The van der Waals surface area contributed by atoms with Crippen molar-refractivity contribution in [2.75, 3.05) is 25.9 Å². The van der Waals surface area contributed by atoms with Gasteiger partial charge in [-0.2, -0.15) is 13.2 Å². The summed E-state index contributed by atoms with van der Waals surface area (Å²) in [6.45, 7) is 0.242. The van der Waals surface area contributed by atoms with E-state index in [1.165, 1.54) is 11.0 Å². The zero-order valence-electron chi connectivity index (χ0n) is 11.0.